The average Bonchev–Trinajstić information content (AvgIpc) is 3.07. The topological polar surface area (TPSA) is 84.7 Å². The minimum Gasteiger partial charge on any atom is -0.415 e. The molecule has 0 fully saturated rings. The molecule has 2 heterocycles. The van der Waals surface area contributed by atoms with Gasteiger partial charge in [-0.05, 0) is 17.7 Å². The molecule has 0 saturated heterocycles. The van der Waals surface area contributed by atoms with E-state index in [0.29, 0.717) is 11.1 Å². The summed E-state index contributed by atoms with van der Waals surface area (Å²) in [6.07, 6.45) is -1.38. The second-order valence-corrected chi connectivity index (χ2v) is 4.90. The number of benzene rings is 1. The highest BCUT2D eigenvalue weighted by Crippen LogP contribution is 2.22. The maximum atomic E-state index is 12.5. The van der Waals surface area contributed by atoms with Crippen LogP contribution in [-0.4, -0.2) is 14.8 Å². The van der Waals surface area contributed by atoms with Crippen molar-refractivity contribution in [2.75, 3.05) is 0 Å². The van der Waals surface area contributed by atoms with E-state index in [9.17, 15) is 13.6 Å². The highest BCUT2D eigenvalue weighted by atomic mass is 19.3. The Morgan fingerprint density at radius 3 is 2.71 bits per heavy atom. The second kappa shape index (κ2) is 6.42. The maximum absolute atomic E-state index is 12.5. The van der Waals surface area contributed by atoms with E-state index in [1.165, 1.54) is 22.9 Å². The number of hydrogen-bond donors (Lipinski definition) is 0. The number of alkyl halides is 2. The molecule has 0 aliphatic carbocycles. The molecule has 3 aromatic rings. The molecule has 3 rings (SSSR count). The molecule has 2 aromatic heterocycles. The fourth-order valence-electron chi connectivity index (χ4n) is 2.16. The summed E-state index contributed by atoms with van der Waals surface area (Å²) in [5, 5.41) is 15.8. The summed E-state index contributed by atoms with van der Waals surface area (Å²) >= 11 is 0. The molecule has 0 bridgehead atoms. The molecule has 0 aliphatic heterocycles. The van der Waals surface area contributed by atoms with E-state index in [4.69, 9.17) is 9.68 Å². The van der Waals surface area contributed by atoms with E-state index < -0.39 is 12.3 Å². The van der Waals surface area contributed by atoms with Crippen LogP contribution in [0.1, 0.15) is 23.4 Å². The summed E-state index contributed by atoms with van der Waals surface area (Å²) in [7, 11) is 0. The third kappa shape index (κ3) is 3.05. The fourth-order valence-corrected chi connectivity index (χ4v) is 2.16. The summed E-state index contributed by atoms with van der Waals surface area (Å²) < 4.78 is 31.1. The maximum Gasteiger partial charge on any atom is 0.314 e. The van der Waals surface area contributed by atoms with Crippen LogP contribution in [0.5, 0.6) is 0 Å². The normalized spacial score (nSPS) is 10.8. The number of rotatable bonds is 4. The smallest absolute Gasteiger partial charge is 0.314 e. The lowest BCUT2D eigenvalue weighted by molar-refractivity contribution is 0.116. The predicted octanol–water partition coefficient (Wildman–Crippen LogP) is 2.76. The number of pyridine rings is 1. The number of nitrogens with zero attached hydrogens (tertiary/aromatic N) is 4. The standard InChI is InChI=1S/C16H10F2N4O2/c17-14(18)16-21-20-15(24-16)10-5-6-22(13(23)7-10)9-12-4-2-1-3-11(12)8-19/h1-7,14H,9H2. The molecule has 0 N–H and O–H groups in total. The Labute approximate surface area is 134 Å². The summed E-state index contributed by atoms with van der Waals surface area (Å²) in [6, 6.07) is 11.7. The SMILES string of the molecule is N#Cc1ccccc1Cn1ccc(-c2nnc(C(F)F)o2)cc1=O. The van der Waals surface area contributed by atoms with Crippen molar-refractivity contribution < 1.29 is 13.2 Å². The van der Waals surface area contributed by atoms with Gasteiger partial charge in [0.1, 0.15) is 0 Å². The van der Waals surface area contributed by atoms with Crippen molar-refractivity contribution in [3.63, 3.8) is 0 Å². The lowest BCUT2D eigenvalue weighted by atomic mass is 10.1. The van der Waals surface area contributed by atoms with Crippen molar-refractivity contribution in [2.24, 2.45) is 0 Å². The van der Waals surface area contributed by atoms with Crippen LogP contribution < -0.4 is 5.56 Å². The van der Waals surface area contributed by atoms with Gasteiger partial charge in [0.25, 0.3) is 11.4 Å². The van der Waals surface area contributed by atoms with E-state index in [2.05, 4.69) is 16.3 Å². The van der Waals surface area contributed by atoms with Crippen molar-refractivity contribution in [3.8, 4) is 17.5 Å². The molecule has 0 spiro atoms. The minimum atomic E-state index is -2.87. The molecule has 8 heteroatoms. The van der Waals surface area contributed by atoms with Gasteiger partial charge in [0.15, 0.2) is 0 Å². The number of nitriles is 1. The van der Waals surface area contributed by atoms with Gasteiger partial charge in [-0.3, -0.25) is 4.79 Å². The Balaban J connectivity index is 1.90. The van der Waals surface area contributed by atoms with Crippen LogP contribution >= 0.6 is 0 Å². The Morgan fingerprint density at radius 1 is 1.25 bits per heavy atom. The van der Waals surface area contributed by atoms with E-state index in [1.807, 2.05) is 0 Å². The minimum absolute atomic E-state index is 0.146. The summed E-state index contributed by atoms with van der Waals surface area (Å²) in [5.74, 6) is -0.941. The molecule has 0 unspecified atom stereocenters. The van der Waals surface area contributed by atoms with Crippen molar-refractivity contribution in [1.29, 1.82) is 5.26 Å². The molecule has 0 saturated carbocycles. The largest absolute Gasteiger partial charge is 0.415 e. The third-order valence-electron chi connectivity index (χ3n) is 3.35. The van der Waals surface area contributed by atoms with Gasteiger partial charge in [0, 0.05) is 17.8 Å². The molecule has 1 aromatic carbocycles. The molecule has 0 aliphatic rings. The Bertz CT molecular complexity index is 972. The van der Waals surface area contributed by atoms with Crippen LogP contribution in [0.25, 0.3) is 11.5 Å². The van der Waals surface area contributed by atoms with Gasteiger partial charge in [0.05, 0.1) is 18.2 Å². The Hall–Kier alpha value is -3.34. The van der Waals surface area contributed by atoms with Crippen LogP contribution in [0.4, 0.5) is 8.78 Å². The summed E-state index contributed by atoms with van der Waals surface area (Å²) in [6.45, 7) is 0.217. The van der Waals surface area contributed by atoms with Crippen LogP contribution in [0.2, 0.25) is 0 Å². The van der Waals surface area contributed by atoms with Crippen LogP contribution in [0.3, 0.4) is 0 Å². The monoisotopic (exact) mass is 328 g/mol. The van der Waals surface area contributed by atoms with E-state index in [0.717, 1.165) is 0 Å². The molecule has 0 radical (unpaired) electrons. The number of halogens is 2. The number of aromatic nitrogens is 3. The van der Waals surface area contributed by atoms with Gasteiger partial charge in [0.2, 0.25) is 5.89 Å². The first kappa shape index (κ1) is 15.6. The quantitative estimate of drug-likeness (QED) is 0.735. The zero-order chi connectivity index (χ0) is 17.1. The van der Waals surface area contributed by atoms with Crippen LogP contribution in [0, 0.1) is 11.3 Å². The van der Waals surface area contributed by atoms with Crippen LogP contribution in [0.15, 0.2) is 51.8 Å². The van der Waals surface area contributed by atoms with Crippen molar-refractivity contribution in [3.05, 3.63) is 70.0 Å². The van der Waals surface area contributed by atoms with E-state index >= 15 is 0 Å². The third-order valence-corrected chi connectivity index (χ3v) is 3.35. The molecule has 0 atom stereocenters. The summed E-state index contributed by atoms with van der Waals surface area (Å²) in [4.78, 5) is 12.2. The lowest BCUT2D eigenvalue weighted by Crippen LogP contribution is -2.19. The van der Waals surface area contributed by atoms with Gasteiger partial charge in [-0.15, -0.1) is 10.2 Å². The zero-order valence-corrected chi connectivity index (χ0v) is 12.2. The van der Waals surface area contributed by atoms with Crippen molar-refractivity contribution in [1.82, 2.24) is 14.8 Å². The summed E-state index contributed by atoms with van der Waals surface area (Å²) in [5.41, 5.74) is 1.06. The second-order valence-electron chi connectivity index (χ2n) is 4.90. The average molecular weight is 328 g/mol. The van der Waals surface area contributed by atoms with Gasteiger partial charge in [-0.2, -0.15) is 14.0 Å². The lowest BCUT2D eigenvalue weighted by Gasteiger charge is -2.07. The number of hydrogen-bond acceptors (Lipinski definition) is 5. The zero-order valence-electron chi connectivity index (χ0n) is 12.2. The first-order chi connectivity index (χ1) is 11.6. The Morgan fingerprint density at radius 2 is 2.04 bits per heavy atom. The van der Waals surface area contributed by atoms with Gasteiger partial charge in [-0.25, -0.2) is 0 Å². The highest BCUT2D eigenvalue weighted by molar-refractivity contribution is 5.51. The first-order valence-corrected chi connectivity index (χ1v) is 6.89. The van der Waals surface area contributed by atoms with Crippen LogP contribution in [-0.2, 0) is 6.54 Å². The fraction of sp³-hybridized carbons (Fsp3) is 0.125. The van der Waals surface area contributed by atoms with Crippen molar-refractivity contribution in [2.45, 2.75) is 13.0 Å². The molecular weight excluding hydrogens is 318 g/mol. The molecule has 6 nitrogen and oxygen atoms in total. The molecule has 24 heavy (non-hydrogen) atoms. The predicted molar refractivity (Wildman–Crippen MR) is 79.2 cm³/mol. The molecular formula is C16H10F2N4O2. The van der Waals surface area contributed by atoms with Crippen molar-refractivity contribution >= 4 is 0 Å². The first-order valence-electron chi connectivity index (χ1n) is 6.89. The Kier molecular flexibility index (Phi) is 4.16. The van der Waals surface area contributed by atoms with Gasteiger partial charge >= 0.3 is 6.43 Å². The van der Waals surface area contributed by atoms with E-state index in [1.54, 1.807) is 24.3 Å². The molecule has 120 valence electrons. The highest BCUT2D eigenvalue weighted by Gasteiger charge is 2.17. The van der Waals surface area contributed by atoms with E-state index in [-0.39, 0.29) is 23.6 Å². The van der Waals surface area contributed by atoms with Gasteiger partial charge < -0.3 is 8.98 Å². The van der Waals surface area contributed by atoms with Gasteiger partial charge in [-0.1, -0.05) is 18.2 Å². The molecule has 0 amide bonds.